The Kier molecular flexibility index (Phi) is 5.62. The van der Waals surface area contributed by atoms with Crippen molar-refractivity contribution >= 4 is 61.4 Å². The van der Waals surface area contributed by atoms with Crippen molar-refractivity contribution in [2.75, 3.05) is 0 Å². The predicted octanol–water partition coefficient (Wildman–Crippen LogP) is -0.927. The third-order valence-electron chi connectivity index (χ3n) is 3.44. The van der Waals surface area contributed by atoms with Crippen molar-refractivity contribution in [2.45, 2.75) is 24.5 Å². The SMILES string of the molecule is O=S(=O)(O)c1cc(S(=O)(=O)O)c2c(S(=O)(=O)O)c(S(=O)(=O)O)cc(S(=O)(=O)O)c2c1. The van der Waals surface area contributed by atoms with Crippen LogP contribution in [-0.4, -0.2) is 64.9 Å². The Morgan fingerprint density at radius 2 is 0.900 bits per heavy atom. The van der Waals surface area contributed by atoms with E-state index in [0.717, 1.165) is 0 Å². The van der Waals surface area contributed by atoms with Crippen molar-refractivity contribution in [3.63, 3.8) is 0 Å². The van der Waals surface area contributed by atoms with Gasteiger partial charge in [0.15, 0.2) is 0 Å². The maximum atomic E-state index is 11.8. The van der Waals surface area contributed by atoms with Crippen LogP contribution in [0.3, 0.4) is 0 Å². The van der Waals surface area contributed by atoms with E-state index in [-0.39, 0.29) is 18.2 Å². The van der Waals surface area contributed by atoms with Crippen molar-refractivity contribution in [3.05, 3.63) is 18.2 Å². The molecule has 0 atom stereocenters. The third kappa shape index (κ3) is 4.61. The van der Waals surface area contributed by atoms with Gasteiger partial charge in [-0.1, -0.05) is 0 Å². The highest BCUT2D eigenvalue weighted by atomic mass is 32.2. The molecule has 5 N–H and O–H groups in total. The lowest BCUT2D eigenvalue weighted by Crippen LogP contribution is -2.15. The van der Waals surface area contributed by atoms with E-state index in [1.807, 2.05) is 0 Å². The summed E-state index contributed by atoms with van der Waals surface area (Å²) in [4.78, 5) is -8.81. The molecule has 2 aromatic carbocycles. The lowest BCUT2D eigenvalue weighted by molar-refractivity contribution is 0.465. The highest BCUT2D eigenvalue weighted by Crippen LogP contribution is 2.39. The molecule has 0 unspecified atom stereocenters. The highest BCUT2D eigenvalue weighted by molar-refractivity contribution is 7.89. The van der Waals surface area contributed by atoms with E-state index in [4.69, 9.17) is 4.55 Å². The Hall–Kier alpha value is -1.75. The monoisotopic (exact) mass is 528 g/mol. The van der Waals surface area contributed by atoms with Crippen LogP contribution < -0.4 is 0 Å². The van der Waals surface area contributed by atoms with Crippen LogP contribution in [0.25, 0.3) is 10.8 Å². The summed E-state index contributed by atoms with van der Waals surface area (Å²) in [5.74, 6) is 0. The van der Waals surface area contributed by atoms with Gasteiger partial charge in [0.25, 0.3) is 50.6 Å². The molecule has 0 saturated carbocycles. The Balaban J connectivity index is 3.62. The molecule has 0 aliphatic rings. The largest absolute Gasteiger partial charge is 0.296 e. The summed E-state index contributed by atoms with van der Waals surface area (Å²) in [6.45, 7) is 0. The zero-order chi connectivity index (χ0) is 23.7. The minimum Gasteiger partial charge on any atom is -0.282 e. The molecule has 0 spiro atoms. The number of rotatable bonds is 5. The second-order valence-electron chi connectivity index (χ2n) is 5.42. The second-order valence-corrected chi connectivity index (χ2v) is 12.4. The summed E-state index contributed by atoms with van der Waals surface area (Å²) in [6, 6.07) is -0.216. The first-order chi connectivity index (χ1) is 13.1. The van der Waals surface area contributed by atoms with E-state index in [0.29, 0.717) is 0 Å². The first kappa shape index (κ1) is 24.5. The lowest BCUT2D eigenvalue weighted by Gasteiger charge is -2.15. The van der Waals surface area contributed by atoms with E-state index in [2.05, 4.69) is 0 Å². The van der Waals surface area contributed by atoms with E-state index in [1.165, 1.54) is 0 Å². The molecule has 30 heavy (non-hydrogen) atoms. The molecule has 0 aliphatic heterocycles. The fraction of sp³-hybridized carbons (Fsp3) is 0. The Labute approximate surface area is 168 Å². The molecule has 0 aliphatic carbocycles. The maximum Gasteiger partial charge on any atom is 0.296 e. The van der Waals surface area contributed by atoms with Gasteiger partial charge in [0.05, 0.1) is 4.90 Å². The fourth-order valence-electron chi connectivity index (χ4n) is 2.42. The van der Waals surface area contributed by atoms with Gasteiger partial charge < -0.3 is 0 Å². The lowest BCUT2D eigenvalue weighted by atomic mass is 10.1. The van der Waals surface area contributed by atoms with E-state index in [1.54, 1.807) is 0 Å². The first-order valence-electron chi connectivity index (χ1n) is 6.58. The van der Waals surface area contributed by atoms with Crippen LogP contribution in [-0.2, 0) is 50.6 Å². The van der Waals surface area contributed by atoms with Crippen LogP contribution in [0, 0.1) is 0 Å². The third-order valence-corrected chi connectivity index (χ3v) is 7.99. The molecular formula is C10H8O15S5. The quantitative estimate of drug-likeness (QED) is 0.293. The van der Waals surface area contributed by atoms with Gasteiger partial charge in [-0.05, 0) is 18.2 Å². The molecule has 0 saturated heterocycles. The van der Waals surface area contributed by atoms with Gasteiger partial charge in [-0.25, -0.2) is 0 Å². The number of hydrogen-bond donors (Lipinski definition) is 5. The number of fused-ring (bicyclic) bond motifs is 1. The van der Waals surface area contributed by atoms with Gasteiger partial charge in [-0.3, -0.25) is 22.8 Å². The molecule has 0 amide bonds. The Morgan fingerprint density at radius 1 is 0.467 bits per heavy atom. The molecule has 2 rings (SSSR count). The van der Waals surface area contributed by atoms with Gasteiger partial charge in [0.1, 0.15) is 19.6 Å². The molecule has 0 fully saturated rings. The van der Waals surface area contributed by atoms with Crippen LogP contribution in [0.1, 0.15) is 0 Å². The zero-order valence-corrected chi connectivity index (χ0v) is 17.7. The molecule has 2 aromatic rings. The summed E-state index contributed by atoms with van der Waals surface area (Å²) in [5.41, 5.74) is 0. The average Bonchev–Trinajstić information content (AvgIpc) is 2.47. The highest BCUT2D eigenvalue weighted by Gasteiger charge is 2.35. The summed E-state index contributed by atoms with van der Waals surface area (Å²) in [5, 5.41) is -3.00. The summed E-state index contributed by atoms with van der Waals surface area (Å²) in [7, 11) is -28.3. The van der Waals surface area contributed by atoms with Crippen LogP contribution in [0.15, 0.2) is 42.7 Å². The maximum absolute atomic E-state index is 11.8. The van der Waals surface area contributed by atoms with E-state index >= 15 is 0 Å². The topological polar surface area (TPSA) is 272 Å². The van der Waals surface area contributed by atoms with Crippen LogP contribution >= 0.6 is 0 Å². The molecule has 0 bridgehead atoms. The molecule has 168 valence electrons. The number of benzene rings is 2. The minimum atomic E-state index is -5.84. The number of hydrogen-bond acceptors (Lipinski definition) is 10. The summed E-state index contributed by atoms with van der Waals surface area (Å²) < 4.78 is 163. The first-order valence-corrected chi connectivity index (χ1v) is 13.8. The standard InChI is InChI=1S/C10H8O15S5/c11-26(12,13)4-1-5-6(27(14,15)16)3-8(29(20,21)22)10(30(23,24)25)9(5)7(2-4)28(17,18)19/h1-3H,(H,11,12,13)(H,14,15,16)(H,17,18,19)(H,20,21,22)(H,23,24,25). The van der Waals surface area contributed by atoms with Crippen LogP contribution in [0.4, 0.5) is 0 Å². The normalized spacial score (nSPS) is 14.2. The van der Waals surface area contributed by atoms with E-state index < -0.39 is 85.8 Å². The fourth-order valence-corrected chi connectivity index (χ4v) is 6.64. The van der Waals surface area contributed by atoms with Gasteiger partial charge in [0.2, 0.25) is 0 Å². The molecule has 0 radical (unpaired) electrons. The molecule has 20 heteroatoms. The van der Waals surface area contributed by atoms with Crippen LogP contribution in [0.5, 0.6) is 0 Å². The van der Waals surface area contributed by atoms with Gasteiger partial charge >= 0.3 is 0 Å². The molecular weight excluding hydrogens is 520 g/mol. The van der Waals surface area contributed by atoms with Crippen LogP contribution in [0.2, 0.25) is 0 Å². The van der Waals surface area contributed by atoms with Crippen molar-refractivity contribution < 1.29 is 64.9 Å². The summed E-state index contributed by atoms with van der Waals surface area (Å²) >= 11 is 0. The Morgan fingerprint density at radius 3 is 1.23 bits per heavy atom. The van der Waals surface area contributed by atoms with Crippen molar-refractivity contribution in [1.29, 1.82) is 0 Å². The van der Waals surface area contributed by atoms with Crippen molar-refractivity contribution in [1.82, 2.24) is 0 Å². The smallest absolute Gasteiger partial charge is 0.282 e. The minimum absolute atomic E-state index is 0.0940. The Bertz CT molecular complexity index is 1630. The average molecular weight is 528 g/mol. The van der Waals surface area contributed by atoms with Gasteiger partial charge in [-0.15, -0.1) is 0 Å². The molecule has 0 aromatic heterocycles. The predicted molar refractivity (Wildman–Crippen MR) is 93.0 cm³/mol. The molecule has 0 heterocycles. The van der Waals surface area contributed by atoms with Crippen molar-refractivity contribution in [2.24, 2.45) is 0 Å². The summed E-state index contributed by atoms with van der Waals surface area (Å²) in [6.07, 6.45) is 0. The van der Waals surface area contributed by atoms with Gasteiger partial charge in [0, 0.05) is 10.8 Å². The van der Waals surface area contributed by atoms with Crippen molar-refractivity contribution in [3.8, 4) is 0 Å². The molecule has 15 nitrogen and oxygen atoms in total. The zero-order valence-electron chi connectivity index (χ0n) is 13.6. The second kappa shape index (κ2) is 6.88. The van der Waals surface area contributed by atoms with E-state index in [9.17, 15) is 60.3 Å². The van der Waals surface area contributed by atoms with Gasteiger partial charge in [-0.2, -0.15) is 42.1 Å².